The Balaban J connectivity index is 0.000000291. The fourth-order valence-electron chi connectivity index (χ4n) is 5.69. The van der Waals surface area contributed by atoms with Gasteiger partial charge in [-0.3, -0.25) is 0 Å². The van der Waals surface area contributed by atoms with Crippen LogP contribution < -0.4 is 24.8 Å². The normalized spacial score (nSPS) is 10.9. The van der Waals surface area contributed by atoms with Crippen LogP contribution in [0.4, 0.5) is 0 Å². The van der Waals surface area contributed by atoms with Gasteiger partial charge in [-0.25, -0.2) is 0 Å². The summed E-state index contributed by atoms with van der Waals surface area (Å²) in [6, 6.07) is 38.1. The third-order valence-corrected chi connectivity index (χ3v) is 7.91. The van der Waals surface area contributed by atoms with Crippen LogP contribution in [0, 0.1) is 20.8 Å². The predicted molar refractivity (Wildman–Crippen MR) is 177 cm³/mol. The van der Waals surface area contributed by atoms with Crippen LogP contribution in [0.2, 0.25) is 0 Å². The first-order chi connectivity index (χ1) is 19.0. The Kier molecular flexibility index (Phi) is 12.8. The van der Waals surface area contributed by atoms with Gasteiger partial charge in [-0.1, -0.05) is 131 Å². The summed E-state index contributed by atoms with van der Waals surface area (Å²) in [5.74, 6) is 0.568. The van der Waals surface area contributed by atoms with Gasteiger partial charge in [-0.05, 0) is 41.9 Å². The van der Waals surface area contributed by atoms with Crippen LogP contribution in [0.3, 0.4) is 0 Å². The van der Waals surface area contributed by atoms with Gasteiger partial charge >= 0.3 is 26.2 Å². The molecule has 0 heterocycles. The van der Waals surface area contributed by atoms with Crippen molar-refractivity contribution in [1.82, 2.24) is 0 Å². The average molecular weight is 685 g/mol. The Morgan fingerprint density at radius 1 is 0.581 bits per heavy atom. The fraction of sp³-hybridized carbons (Fsp3) is 0.250. The molecule has 0 N–H and O–H groups in total. The molecule has 0 nitrogen and oxygen atoms in total. The molecule has 0 aliphatic heterocycles. The minimum atomic E-state index is 0. The van der Waals surface area contributed by atoms with Crippen molar-refractivity contribution in [2.24, 2.45) is 0 Å². The summed E-state index contributed by atoms with van der Waals surface area (Å²) in [4.78, 5) is 0. The second kappa shape index (κ2) is 15.0. The Hall–Kier alpha value is -2.44. The average Bonchev–Trinajstić information content (AvgIpc) is 3.51. The molecular formula is C40H42Cl2Zr. The number of rotatable bonds is 3. The maximum atomic E-state index is 2.37. The molecule has 0 bridgehead atoms. The Morgan fingerprint density at radius 3 is 1.58 bits per heavy atom. The van der Waals surface area contributed by atoms with Crippen LogP contribution >= 0.6 is 0 Å². The summed E-state index contributed by atoms with van der Waals surface area (Å²) >= 11 is 0. The van der Waals surface area contributed by atoms with Crippen molar-refractivity contribution in [2.75, 3.05) is 0 Å². The molecule has 0 aliphatic carbocycles. The number of hydrogen-bond donors (Lipinski definition) is 0. The summed E-state index contributed by atoms with van der Waals surface area (Å²) in [6.45, 7) is 17.8. The number of aryl methyl sites for hydroxylation is 3. The van der Waals surface area contributed by atoms with Crippen molar-refractivity contribution in [1.29, 1.82) is 0 Å². The van der Waals surface area contributed by atoms with E-state index in [1.165, 1.54) is 71.6 Å². The molecule has 0 aromatic heterocycles. The van der Waals surface area contributed by atoms with Gasteiger partial charge in [-0.2, -0.15) is 12.1 Å². The second-order valence-electron chi connectivity index (χ2n) is 12.8. The molecule has 3 heteroatoms. The molecule has 0 spiro atoms. The van der Waals surface area contributed by atoms with E-state index < -0.39 is 0 Å². The quantitative estimate of drug-likeness (QED) is 0.207. The summed E-state index contributed by atoms with van der Waals surface area (Å²) < 4.78 is 0. The number of benzene rings is 4. The van der Waals surface area contributed by atoms with Crippen LogP contribution in [0.1, 0.15) is 68.4 Å². The molecule has 0 radical (unpaired) electrons. The Bertz CT molecular complexity index is 1760. The van der Waals surface area contributed by atoms with E-state index >= 15 is 0 Å². The van der Waals surface area contributed by atoms with E-state index in [-0.39, 0.29) is 56.4 Å². The molecule has 6 aromatic carbocycles. The first-order valence-electron chi connectivity index (χ1n) is 14.5. The van der Waals surface area contributed by atoms with Gasteiger partial charge in [-0.15, -0.1) is 56.9 Å². The zero-order valence-electron chi connectivity index (χ0n) is 26.6. The fourth-order valence-corrected chi connectivity index (χ4v) is 5.69. The van der Waals surface area contributed by atoms with Crippen molar-refractivity contribution in [3.8, 4) is 22.3 Å². The molecule has 6 rings (SSSR count). The summed E-state index contributed by atoms with van der Waals surface area (Å²) in [5, 5.41) is 5.45. The van der Waals surface area contributed by atoms with Gasteiger partial charge in [0.2, 0.25) is 0 Å². The predicted octanol–water partition coefficient (Wildman–Crippen LogP) is 5.80. The SMILES string of the molecule is Cc1cc(-c2ccc(C(C)(C)C)cc2)c2cc(C(C)C)[cH-]c2c1.Cc1cc(-c2ccccc2)c2cc(C)[cH-]c2c1.[Cl-].[Cl-].[Zr+4]. The van der Waals surface area contributed by atoms with E-state index in [0.29, 0.717) is 5.92 Å². The zero-order chi connectivity index (χ0) is 28.6. The van der Waals surface area contributed by atoms with Crippen LogP contribution in [0.15, 0.2) is 103 Å². The van der Waals surface area contributed by atoms with Crippen molar-refractivity contribution < 1.29 is 51.0 Å². The topological polar surface area (TPSA) is 0 Å². The number of halogens is 2. The molecule has 0 saturated heterocycles. The first-order valence-corrected chi connectivity index (χ1v) is 14.5. The molecule has 0 unspecified atom stereocenters. The molecule has 0 fully saturated rings. The van der Waals surface area contributed by atoms with Gasteiger partial charge in [0.1, 0.15) is 0 Å². The minimum Gasteiger partial charge on any atom is -1.00 e. The number of hydrogen-bond acceptors (Lipinski definition) is 0. The Morgan fingerprint density at radius 2 is 1.07 bits per heavy atom. The van der Waals surface area contributed by atoms with E-state index in [9.17, 15) is 0 Å². The van der Waals surface area contributed by atoms with Gasteiger partial charge in [0.25, 0.3) is 0 Å². The minimum absolute atomic E-state index is 0. The van der Waals surface area contributed by atoms with E-state index in [1.807, 2.05) is 0 Å². The summed E-state index contributed by atoms with van der Waals surface area (Å²) in [7, 11) is 0. The van der Waals surface area contributed by atoms with Gasteiger partial charge in [0.15, 0.2) is 0 Å². The standard InChI is InChI=1S/C23H27.C17H15.2ClH.Zr/c1-15(2)18-13-19-11-16(3)12-21(22(19)14-18)17-7-9-20(10-8-17)23(4,5)6;1-12-8-15-9-13(2)11-17(15)16(10-12)14-6-4-3-5-7-14;;;/h7-15H,1-6H3;3-11H,1-2H3;2*1H;/q2*-1;;;+4/p-2. The molecule has 220 valence electrons. The van der Waals surface area contributed by atoms with Gasteiger partial charge in [0, 0.05) is 0 Å². The molecule has 6 aromatic rings. The van der Waals surface area contributed by atoms with Crippen molar-refractivity contribution in [3.63, 3.8) is 0 Å². The van der Waals surface area contributed by atoms with Gasteiger partial charge < -0.3 is 24.8 Å². The second-order valence-corrected chi connectivity index (χ2v) is 12.8. The van der Waals surface area contributed by atoms with Crippen LogP contribution in [0.25, 0.3) is 43.8 Å². The van der Waals surface area contributed by atoms with Crippen molar-refractivity contribution >= 4 is 21.5 Å². The van der Waals surface area contributed by atoms with E-state index in [2.05, 4.69) is 159 Å². The van der Waals surface area contributed by atoms with Crippen molar-refractivity contribution in [3.05, 3.63) is 131 Å². The van der Waals surface area contributed by atoms with Crippen LogP contribution in [0.5, 0.6) is 0 Å². The van der Waals surface area contributed by atoms with E-state index in [4.69, 9.17) is 0 Å². The van der Waals surface area contributed by atoms with E-state index in [1.54, 1.807) is 0 Å². The first kappa shape index (κ1) is 36.8. The molecule has 43 heavy (non-hydrogen) atoms. The van der Waals surface area contributed by atoms with E-state index in [0.717, 1.165) is 0 Å². The maximum absolute atomic E-state index is 2.37. The maximum Gasteiger partial charge on any atom is 4.00 e. The third kappa shape index (κ3) is 8.39. The summed E-state index contributed by atoms with van der Waals surface area (Å²) in [6.07, 6.45) is 0. The monoisotopic (exact) mass is 682 g/mol. The van der Waals surface area contributed by atoms with Gasteiger partial charge in [0.05, 0.1) is 0 Å². The van der Waals surface area contributed by atoms with Crippen LogP contribution in [-0.4, -0.2) is 0 Å². The molecule has 0 saturated carbocycles. The van der Waals surface area contributed by atoms with Crippen molar-refractivity contribution in [2.45, 2.75) is 66.7 Å². The third-order valence-electron chi connectivity index (χ3n) is 7.91. The zero-order valence-corrected chi connectivity index (χ0v) is 30.6. The largest absolute Gasteiger partial charge is 4.00 e. The Labute approximate surface area is 290 Å². The molecule has 0 atom stereocenters. The molecule has 0 amide bonds. The van der Waals surface area contributed by atoms with Crippen LogP contribution in [-0.2, 0) is 31.6 Å². The molecule has 0 aliphatic rings. The molecular weight excluding hydrogens is 643 g/mol. The number of fused-ring (bicyclic) bond motifs is 2. The summed E-state index contributed by atoms with van der Waals surface area (Å²) in [5.41, 5.74) is 12.3. The smallest absolute Gasteiger partial charge is 1.00 e.